The average molecular weight is 282 g/mol. The largest absolute Gasteiger partial charge is 0.371 e. The van der Waals surface area contributed by atoms with Crippen molar-refractivity contribution >= 4 is 16.5 Å². The van der Waals surface area contributed by atoms with Gasteiger partial charge in [0.25, 0.3) is 0 Å². The van der Waals surface area contributed by atoms with E-state index in [0.29, 0.717) is 12.1 Å². The lowest BCUT2D eigenvalue weighted by Gasteiger charge is -2.34. The molecule has 2 heteroatoms. The number of fused-ring (bicyclic) bond motifs is 1. The van der Waals surface area contributed by atoms with Gasteiger partial charge in [0.05, 0.1) is 0 Å². The van der Waals surface area contributed by atoms with Crippen LogP contribution in [0, 0.1) is 0 Å². The van der Waals surface area contributed by atoms with E-state index < -0.39 is 0 Å². The van der Waals surface area contributed by atoms with Crippen LogP contribution in [0.25, 0.3) is 10.8 Å². The predicted molar refractivity (Wildman–Crippen MR) is 92.1 cm³/mol. The normalized spacial score (nSPS) is 23.8. The first kappa shape index (κ1) is 14.4. The third-order valence-corrected chi connectivity index (χ3v) is 4.70. The quantitative estimate of drug-likeness (QED) is 0.888. The molecule has 2 nitrogen and oxygen atoms in total. The van der Waals surface area contributed by atoms with Gasteiger partial charge in [-0.3, -0.25) is 0 Å². The molecule has 1 N–H and O–H groups in total. The molecule has 112 valence electrons. The lowest BCUT2D eigenvalue weighted by atomic mass is 10.0. The summed E-state index contributed by atoms with van der Waals surface area (Å²) in [7, 11) is 0. The fourth-order valence-corrected chi connectivity index (χ4v) is 3.39. The fourth-order valence-electron chi connectivity index (χ4n) is 3.39. The summed E-state index contributed by atoms with van der Waals surface area (Å²) in [5.41, 5.74) is 1.40. The number of benzene rings is 2. The minimum absolute atomic E-state index is 0.604. The van der Waals surface area contributed by atoms with Gasteiger partial charge < -0.3 is 10.2 Å². The minimum atomic E-state index is 0.604. The zero-order valence-corrected chi connectivity index (χ0v) is 13.2. The summed E-state index contributed by atoms with van der Waals surface area (Å²) in [5.74, 6) is 0. The first-order valence-electron chi connectivity index (χ1n) is 8.26. The molecule has 2 aromatic rings. The van der Waals surface area contributed by atoms with E-state index in [0.717, 1.165) is 13.1 Å². The maximum Gasteiger partial charge on any atom is 0.0445 e. The van der Waals surface area contributed by atoms with Crippen molar-refractivity contribution in [1.82, 2.24) is 5.32 Å². The van der Waals surface area contributed by atoms with Crippen LogP contribution in [0.4, 0.5) is 5.69 Å². The molecular formula is C19H26N2. The second-order valence-corrected chi connectivity index (χ2v) is 6.24. The summed E-state index contributed by atoms with van der Waals surface area (Å²) in [6.07, 6.45) is 3.65. The summed E-state index contributed by atoms with van der Waals surface area (Å²) < 4.78 is 0. The highest BCUT2D eigenvalue weighted by Gasteiger charge is 2.18. The van der Waals surface area contributed by atoms with Crippen LogP contribution in [0.15, 0.2) is 42.5 Å². The van der Waals surface area contributed by atoms with E-state index in [1.165, 1.54) is 35.7 Å². The Morgan fingerprint density at radius 3 is 2.67 bits per heavy atom. The van der Waals surface area contributed by atoms with Crippen LogP contribution in [-0.4, -0.2) is 25.2 Å². The van der Waals surface area contributed by atoms with Gasteiger partial charge in [-0.2, -0.15) is 0 Å². The second kappa shape index (κ2) is 6.48. The molecular weight excluding hydrogens is 256 g/mol. The number of hydrogen-bond acceptors (Lipinski definition) is 2. The lowest BCUT2D eigenvalue weighted by Crippen LogP contribution is -2.44. The zero-order valence-electron chi connectivity index (χ0n) is 13.2. The Bertz CT molecular complexity index is 588. The van der Waals surface area contributed by atoms with Crippen molar-refractivity contribution in [2.45, 2.75) is 45.2 Å². The smallest absolute Gasteiger partial charge is 0.0445 e. The summed E-state index contributed by atoms with van der Waals surface area (Å²) in [4.78, 5) is 2.59. The van der Waals surface area contributed by atoms with Crippen LogP contribution < -0.4 is 10.2 Å². The molecule has 0 spiro atoms. The first-order chi connectivity index (χ1) is 10.3. The van der Waals surface area contributed by atoms with Gasteiger partial charge in [0, 0.05) is 36.2 Å². The van der Waals surface area contributed by atoms with E-state index in [1.54, 1.807) is 0 Å². The van der Waals surface area contributed by atoms with Crippen LogP contribution in [0.5, 0.6) is 0 Å². The van der Waals surface area contributed by atoms with Gasteiger partial charge in [0.1, 0.15) is 0 Å². The second-order valence-electron chi connectivity index (χ2n) is 6.24. The van der Waals surface area contributed by atoms with E-state index in [1.807, 2.05) is 0 Å². The third kappa shape index (κ3) is 3.21. The molecule has 2 atom stereocenters. The van der Waals surface area contributed by atoms with Crippen molar-refractivity contribution in [1.29, 1.82) is 0 Å². The number of nitrogens with one attached hydrogen (secondary N) is 1. The number of anilines is 1. The molecule has 1 fully saturated rings. The molecule has 3 rings (SSSR count). The highest BCUT2D eigenvalue weighted by Crippen LogP contribution is 2.28. The Morgan fingerprint density at radius 1 is 1.05 bits per heavy atom. The van der Waals surface area contributed by atoms with Crippen LogP contribution in [-0.2, 0) is 0 Å². The molecule has 1 saturated heterocycles. The van der Waals surface area contributed by atoms with Gasteiger partial charge in [-0.1, -0.05) is 43.3 Å². The van der Waals surface area contributed by atoms with Gasteiger partial charge >= 0.3 is 0 Å². The highest BCUT2D eigenvalue weighted by molar-refractivity contribution is 5.94. The van der Waals surface area contributed by atoms with Crippen molar-refractivity contribution in [3.05, 3.63) is 42.5 Å². The summed E-state index contributed by atoms with van der Waals surface area (Å²) in [5, 5.41) is 6.48. The molecule has 2 aromatic carbocycles. The maximum absolute atomic E-state index is 3.75. The Labute approximate surface area is 128 Å². The molecule has 0 aromatic heterocycles. The SMILES string of the molecule is CCC1CCN(c2cccc3ccccc23)CCC(C)N1. The molecule has 0 amide bonds. The topological polar surface area (TPSA) is 15.3 Å². The molecule has 1 aliphatic rings. The Kier molecular flexibility index (Phi) is 4.45. The van der Waals surface area contributed by atoms with Gasteiger partial charge in [0.2, 0.25) is 0 Å². The average Bonchev–Trinajstić information content (AvgIpc) is 2.51. The van der Waals surface area contributed by atoms with Crippen LogP contribution in [0.1, 0.15) is 33.1 Å². The standard InChI is InChI=1S/C19H26N2/c1-3-17-12-14-21(13-11-15(2)20-17)19-10-6-8-16-7-4-5-9-18(16)19/h4-10,15,17,20H,3,11-14H2,1-2H3. The van der Waals surface area contributed by atoms with Gasteiger partial charge in [0.15, 0.2) is 0 Å². The van der Waals surface area contributed by atoms with E-state index in [2.05, 4.69) is 66.5 Å². The van der Waals surface area contributed by atoms with Crippen molar-refractivity contribution in [3.8, 4) is 0 Å². The van der Waals surface area contributed by atoms with Crippen molar-refractivity contribution in [2.24, 2.45) is 0 Å². The van der Waals surface area contributed by atoms with E-state index in [-0.39, 0.29) is 0 Å². The van der Waals surface area contributed by atoms with Crippen molar-refractivity contribution in [3.63, 3.8) is 0 Å². The van der Waals surface area contributed by atoms with Crippen LogP contribution >= 0.6 is 0 Å². The highest BCUT2D eigenvalue weighted by atomic mass is 15.1. The lowest BCUT2D eigenvalue weighted by molar-refractivity contribution is 0.379. The van der Waals surface area contributed by atoms with Crippen molar-refractivity contribution < 1.29 is 0 Å². The summed E-state index contributed by atoms with van der Waals surface area (Å²) in [6.45, 7) is 6.88. The summed E-state index contributed by atoms with van der Waals surface area (Å²) in [6, 6.07) is 16.7. The predicted octanol–water partition coefficient (Wildman–Crippen LogP) is 4.20. The Balaban J connectivity index is 1.90. The monoisotopic (exact) mass is 282 g/mol. The molecule has 2 unspecified atom stereocenters. The minimum Gasteiger partial charge on any atom is -0.371 e. The molecule has 1 aliphatic heterocycles. The fraction of sp³-hybridized carbons (Fsp3) is 0.474. The molecule has 0 aliphatic carbocycles. The number of hydrogen-bond donors (Lipinski definition) is 1. The van der Waals surface area contributed by atoms with E-state index in [9.17, 15) is 0 Å². The van der Waals surface area contributed by atoms with E-state index in [4.69, 9.17) is 0 Å². The molecule has 0 saturated carbocycles. The van der Waals surface area contributed by atoms with Crippen LogP contribution in [0.3, 0.4) is 0 Å². The molecule has 0 radical (unpaired) electrons. The van der Waals surface area contributed by atoms with Crippen molar-refractivity contribution in [2.75, 3.05) is 18.0 Å². The van der Waals surface area contributed by atoms with E-state index >= 15 is 0 Å². The maximum atomic E-state index is 3.75. The van der Waals surface area contributed by atoms with Gasteiger partial charge in [-0.25, -0.2) is 0 Å². The van der Waals surface area contributed by atoms with Gasteiger partial charge in [-0.05, 0) is 37.6 Å². The Morgan fingerprint density at radius 2 is 1.81 bits per heavy atom. The first-order valence-corrected chi connectivity index (χ1v) is 8.26. The zero-order chi connectivity index (χ0) is 14.7. The number of rotatable bonds is 2. The van der Waals surface area contributed by atoms with Crippen LogP contribution in [0.2, 0.25) is 0 Å². The Hall–Kier alpha value is -1.54. The molecule has 0 bridgehead atoms. The third-order valence-electron chi connectivity index (χ3n) is 4.70. The summed E-state index contributed by atoms with van der Waals surface area (Å²) >= 11 is 0. The molecule has 1 heterocycles. The number of nitrogens with zero attached hydrogens (tertiary/aromatic N) is 1. The molecule has 21 heavy (non-hydrogen) atoms. The van der Waals surface area contributed by atoms with Gasteiger partial charge in [-0.15, -0.1) is 0 Å².